The highest BCUT2D eigenvalue weighted by Gasteiger charge is 2.21. The number of piperidine rings is 1. The summed E-state index contributed by atoms with van der Waals surface area (Å²) in [5, 5.41) is 8.62. The van der Waals surface area contributed by atoms with E-state index in [4.69, 9.17) is 4.74 Å². The van der Waals surface area contributed by atoms with Gasteiger partial charge in [0.2, 0.25) is 0 Å². The van der Waals surface area contributed by atoms with E-state index in [0.29, 0.717) is 5.75 Å². The van der Waals surface area contributed by atoms with Gasteiger partial charge in [-0.1, -0.05) is 19.9 Å². The Balaban J connectivity index is 1.32. The van der Waals surface area contributed by atoms with Crippen molar-refractivity contribution in [2.75, 3.05) is 19.6 Å². The van der Waals surface area contributed by atoms with Crippen LogP contribution in [-0.2, 0) is 13.5 Å². The third-order valence-electron chi connectivity index (χ3n) is 7.08. The first-order valence-electron chi connectivity index (χ1n) is 12.8. The Morgan fingerprint density at radius 1 is 1.06 bits per heavy atom. The summed E-state index contributed by atoms with van der Waals surface area (Å²) in [5.41, 5.74) is 4.55. The maximum absolute atomic E-state index is 13.1. The molecule has 186 valence electrons. The van der Waals surface area contributed by atoms with E-state index in [2.05, 4.69) is 40.2 Å². The molecule has 1 saturated heterocycles. The Hall–Kier alpha value is -3.71. The summed E-state index contributed by atoms with van der Waals surface area (Å²) < 4.78 is 7.97. The number of rotatable bonds is 7. The summed E-state index contributed by atoms with van der Waals surface area (Å²) in [6, 6.07) is 15.9. The smallest absolute Gasteiger partial charge is 0.251 e. The van der Waals surface area contributed by atoms with Gasteiger partial charge in [0.1, 0.15) is 11.5 Å². The molecule has 3 heterocycles. The molecule has 0 aliphatic carbocycles. The number of nitrogens with zero attached hydrogens (tertiary/aromatic N) is 4. The molecular weight excluding hydrogens is 450 g/mol. The Kier molecular flexibility index (Phi) is 7.00. The van der Waals surface area contributed by atoms with Crippen LogP contribution in [0.1, 0.15) is 42.6 Å². The topological polar surface area (TPSA) is 72.3 Å². The van der Waals surface area contributed by atoms with E-state index >= 15 is 0 Å². The van der Waals surface area contributed by atoms with Crippen LogP contribution in [0.4, 0.5) is 0 Å². The van der Waals surface area contributed by atoms with E-state index in [-0.39, 0.29) is 11.9 Å². The fraction of sp³-hybridized carbons (Fsp3) is 0.345. The SMILES string of the molecule is CCc1cc(-c2cc(Oc3ccc4cnn(C)c4c3)ccn2)ccc1C(=O)NC1CCN(CC)CC1. The lowest BCUT2D eigenvalue weighted by Crippen LogP contribution is -2.44. The minimum Gasteiger partial charge on any atom is -0.457 e. The first kappa shape index (κ1) is 24.0. The second-order valence-corrected chi connectivity index (χ2v) is 9.38. The molecule has 2 aromatic heterocycles. The van der Waals surface area contributed by atoms with Gasteiger partial charge in [0.25, 0.3) is 5.91 Å². The lowest BCUT2D eigenvalue weighted by Gasteiger charge is -2.31. The van der Waals surface area contributed by atoms with Gasteiger partial charge < -0.3 is 15.0 Å². The molecule has 7 heteroatoms. The van der Waals surface area contributed by atoms with Crippen LogP contribution in [0.25, 0.3) is 22.2 Å². The van der Waals surface area contributed by atoms with Crippen molar-refractivity contribution in [2.24, 2.45) is 7.05 Å². The molecule has 7 nitrogen and oxygen atoms in total. The molecule has 36 heavy (non-hydrogen) atoms. The van der Waals surface area contributed by atoms with E-state index in [0.717, 1.165) is 77.9 Å². The molecule has 0 saturated carbocycles. The van der Waals surface area contributed by atoms with Crippen molar-refractivity contribution in [2.45, 2.75) is 39.2 Å². The van der Waals surface area contributed by atoms with Crippen LogP contribution in [-0.4, -0.2) is 51.2 Å². The van der Waals surface area contributed by atoms with E-state index in [1.165, 1.54) is 0 Å². The van der Waals surface area contributed by atoms with E-state index in [9.17, 15) is 4.79 Å². The van der Waals surface area contributed by atoms with Gasteiger partial charge in [0.15, 0.2) is 0 Å². The maximum Gasteiger partial charge on any atom is 0.251 e. The van der Waals surface area contributed by atoms with Crippen LogP contribution in [0.3, 0.4) is 0 Å². The van der Waals surface area contributed by atoms with Gasteiger partial charge in [0.05, 0.1) is 17.4 Å². The number of hydrogen-bond acceptors (Lipinski definition) is 5. The summed E-state index contributed by atoms with van der Waals surface area (Å²) in [4.78, 5) is 20.1. The molecule has 5 rings (SSSR count). The monoisotopic (exact) mass is 483 g/mol. The number of hydrogen-bond donors (Lipinski definition) is 1. The highest BCUT2D eigenvalue weighted by Crippen LogP contribution is 2.29. The first-order chi connectivity index (χ1) is 17.5. The van der Waals surface area contributed by atoms with Gasteiger partial charge >= 0.3 is 0 Å². The van der Waals surface area contributed by atoms with Crippen LogP contribution in [0.2, 0.25) is 0 Å². The van der Waals surface area contributed by atoms with Gasteiger partial charge in [-0.25, -0.2) is 0 Å². The Labute approximate surface area is 212 Å². The van der Waals surface area contributed by atoms with Gasteiger partial charge in [-0.05, 0) is 61.7 Å². The number of benzene rings is 2. The van der Waals surface area contributed by atoms with Crippen LogP contribution in [0.5, 0.6) is 11.5 Å². The third-order valence-corrected chi connectivity index (χ3v) is 7.08. The van der Waals surface area contributed by atoms with Crippen molar-refractivity contribution >= 4 is 16.8 Å². The number of ether oxygens (including phenoxy) is 1. The number of fused-ring (bicyclic) bond motifs is 1. The predicted octanol–water partition coefficient (Wildman–Crippen LogP) is 5.20. The molecule has 0 bridgehead atoms. The number of likely N-dealkylation sites (tertiary alicyclic amines) is 1. The summed E-state index contributed by atoms with van der Waals surface area (Å²) in [6.07, 6.45) is 6.37. The first-order valence-corrected chi connectivity index (χ1v) is 12.8. The van der Waals surface area contributed by atoms with Crippen molar-refractivity contribution in [1.82, 2.24) is 25.0 Å². The van der Waals surface area contributed by atoms with E-state index < -0.39 is 0 Å². The Morgan fingerprint density at radius 2 is 1.86 bits per heavy atom. The van der Waals surface area contributed by atoms with Crippen molar-refractivity contribution in [1.29, 1.82) is 0 Å². The molecule has 1 N–H and O–H groups in total. The number of amides is 1. The predicted molar refractivity (Wildman–Crippen MR) is 142 cm³/mol. The molecule has 0 unspecified atom stereocenters. The van der Waals surface area contributed by atoms with Crippen molar-refractivity contribution < 1.29 is 9.53 Å². The number of aryl methyl sites for hydroxylation is 2. The Bertz CT molecular complexity index is 1370. The molecule has 1 amide bonds. The van der Waals surface area contributed by atoms with Crippen LogP contribution in [0, 0.1) is 0 Å². The highest BCUT2D eigenvalue weighted by atomic mass is 16.5. The molecule has 0 spiro atoms. The van der Waals surface area contributed by atoms with E-state index in [1.54, 1.807) is 6.20 Å². The zero-order valence-electron chi connectivity index (χ0n) is 21.2. The molecule has 0 atom stereocenters. The second-order valence-electron chi connectivity index (χ2n) is 9.38. The average Bonchev–Trinajstić information content (AvgIpc) is 3.28. The quantitative estimate of drug-likeness (QED) is 0.391. The molecular formula is C29H33N5O2. The maximum atomic E-state index is 13.1. The summed E-state index contributed by atoms with van der Waals surface area (Å²) >= 11 is 0. The fourth-order valence-electron chi connectivity index (χ4n) is 4.88. The molecule has 0 radical (unpaired) electrons. The minimum absolute atomic E-state index is 0.0175. The number of nitrogens with one attached hydrogen (secondary N) is 1. The highest BCUT2D eigenvalue weighted by molar-refractivity contribution is 5.96. The largest absolute Gasteiger partial charge is 0.457 e. The minimum atomic E-state index is 0.0175. The standard InChI is InChI=1S/C29H33N5O2/c1-4-20-16-21(7-9-26(20)29(35)32-23-11-14-34(5-2)15-12-23)27-17-25(10-13-30-27)36-24-8-6-22-19-31-33(3)28(22)18-24/h6-10,13,16-19,23H,4-5,11-12,14-15H2,1-3H3,(H,32,35). The zero-order chi connectivity index (χ0) is 25.1. The van der Waals surface area contributed by atoms with Crippen LogP contribution < -0.4 is 10.1 Å². The molecule has 1 fully saturated rings. The number of pyridine rings is 1. The van der Waals surface area contributed by atoms with Gasteiger partial charge in [-0.15, -0.1) is 0 Å². The number of aromatic nitrogens is 3. The fourth-order valence-corrected chi connectivity index (χ4v) is 4.88. The van der Waals surface area contributed by atoms with Crippen molar-refractivity contribution in [3.63, 3.8) is 0 Å². The molecule has 1 aliphatic heterocycles. The average molecular weight is 484 g/mol. The summed E-state index contributed by atoms with van der Waals surface area (Å²) in [7, 11) is 1.92. The molecule has 2 aromatic carbocycles. The summed E-state index contributed by atoms with van der Waals surface area (Å²) in [5.74, 6) is 1.47. The summed E-state index contributed by atoms with van der Waals surface area (Å²) in [6.45, 7) is 7.42. The Morgan fingerprint density at radius 3 is 2.64 bits per heavy atom. The van der Waals surface area contributed by atoms with Gasteiger partial charge in [0, 0.05) is 61.0 Å². The van der Waals surface area contributed by atoms with Gasteiger partial charge in [-0.3, -0.25) is 14.5 Å². The zero-order valence-corrected chi connectivity index (χ0v) is 21.2. The normalized spacial score (nSPS) is 14.8. The van der Waals surface area contributed by atoms with Crippen LogP contribution in [0.15, 0.2) is 60.9 Å². The third kappa shape index (κ3) is 5.11. The number of carbonyl (C=O) groups is 1. The number of carbonyl (C=O) groups excluding carboxylic acids is 1. The lowest BCUT2D eigenvalue weighted by molar-refractivity contribution is 0.0912. The van der Waals surface area contributed by atoms with E-state index in [1.807, 2.05) is 60.4 Å². The lowest BCUT2D eigenvalue weighted by atomic mass is 9.98. The van der Waals surface area contributed by atoms with Crippen molar-refractivity contribution in [3.05, 3.63) is 72.1 Å². The van der Waals surface area contributed by atoms with Crippen LogP contribution >= 0.6 is 0 Å². The molecule has 1 aliphatic rings. The second kappa shape index (κ2) is 10.5. The molecule has 4 aromatic rings. The van der Waals surface area contributed by atoms with Crippen molar-refractivity contribution in [3.8, 4) is 22.8 Å². The van der Waals surface area contributed by atoms with Gasteiger partial charge in [-0.2, -0.15) is 5.10 Å².